The molecule has 2 saturated carbocycles. The summed E-state index contributed by atoms with van der Waals surface area (Å²) in [6.45, 7) is 0. The summed E-state index contributed by atoms with van der Waals surface area (Å²) in [7, 11) is 1.77. The number of ether oxygens (including phenoxy) is 2. The minimum atomic E-state index is -0.156. The lowest BCUT2D eigenvalue weighted by atomic mass is 9.93. The van der Waals surface area contributed by atoms with Gasteiger partial charge < -0.3 is 19.9 Å². The zero-order chi connectivity index (χ0) is 18.6. The molecule has 2 atom stereocenters. The van der Waals surface area contributed by atoms with Gasteiger partial charge in [0.05, 0.1) is 17.7 Å². The maximum absolute atomic E-state index is 9.65. The van der Waals surface area contributed by atoms with Gasteiger partial charge in [-0.1, -0.05) is 6.42 Å². The fraction of sp³-hybridized carbons (Fsp3) is 0.619. The van der Waals surface area contributed by atoms with E-state index in [1.165, 1.54) is 12.8 Å². The lowest BCUT2D eigenvalue weighted by molar-refractivity contribution is -0.0228. The van der Waals surface area contributed by atoms with Gasteiger partial charge in [0, 0.05) is 30.8 Å². The monoisotopic (exact) mass is 371 g/mol. The zero-order valence-corrected chi connectivity index (χ0v) is 15.9. The molecule has 1 heterocycles. The molecule has 6 nitrogen and oxygen atoms in total. The molecule has 27 heavy (non-hydrogen) atoms. The normalized spacial score (nSPS) is 28.8. The predicted molar refractivity (Wildman–Crippen MR) is 105 cm³/mol. The van der Waals surface area contributed by atoms with Crippen LogP contribution in [0.5, 0.6) is 5.75 Å². The van der Waals surface area contributed by atoms with Crippen LogP contribution < -0.4 is 10.1 Å². The van der Waals surface area contributed by atoms with Gasteiger partial charge in [0.2, 0.25) is 5.95 Å². The zero-order valence-electron chi connectivity index (χ0n) is 15.9. The van der Waals surface area contributed by atoms with Crippen LogP contribution >= 0.6 is 0 Å². The number of aromatic nitrogens is 2. The van der Waals surface area contributed by atoms with Crippen molar-refractivity contribution >= 4 is 16.9 Å². The van der Waals surface area contributed by atoms with Crippen molar-refractivity contribution in [3.8, 4) is 5.75 Å². The average molecular weight is 371 g/mol. The Kier molecular flexibility index (Phi) is 5.74. The molecule has 2 aliphatic rings. The molecule has 2 aromatic rings. The Morgan fingerprint density at radius 1 is 1.04 bits per heavy atom. The third-order valence-electron chi connectivity index (χ3n) is 5.82. The third-order valence-corrected chi connectivity index (χ3v) is 5.82. The topological polar surface area (TPSA) is 76.5 Å². The first-order valence-corrected chi connectivity index (χ1v) is 10.1. The number of nitrogens with zero attached hydrogens (tertiary/aromatic N) is 2. The van der Waals surface area contributed by atoms with Crippen LogP contribution in [0.15, 0.2) is 24.4 Å². The van der Waals surface area contributed by atoms with Gasteiger partial charge >= 0.3 is 0 Å². The maximum Gasteiger partial charge on any atom is 0.223 e. The van der Waals surface area contributed by atoms with Crippen LogP contribution in [-0.2, 0) is 4.74 Å². The molecular weight excluding hydrogens is 342 g/mol. The highest BCUT2D eigenvalue weighted by molar-refractivity contribution is 5.80. The molecule has 0 unspecified atom stereocenters. The molecule has 1 aromatic heterocycles. The number of benzene rings is 1. The Hall–Kier alpha value is -1.92. The summed E-state index contributed by atoms with van der Waals surface area (Å²) >= 11 is 0. The quantitative estimate of drug-likeness (QED) is 0.835. The molecule has 2 aliphatic carbocycles. The molecule has 2 fully saturated rings. The van der Waals surface area contributed by atoms with E-state index in [1.54, 1.807) is 7.11 Å². The Morgan fingerprint density at radius 2 is 1.81 bits per heavy atom. The number of aliphatic hydroxyl groups excluding tert-OH is 1. The molecule has 2 N–H and O–H groups in total. The second-order valence-corrected chi connectivity index (χ2v) is 7.78. The smallest absolute Gasteiger partial charge is 0.223 e. The van der Waals surface area contributed by atoms with Crippen molar-refractivity contribution in [2.75, 3.05) is 12.4 Å². The van der Waals surface area contributed by atoms with Crippen LogP contribution in [0.2, 0.25) is 0 Å². The number of nitrogens with one attached hydrogen (secondary N) is 1. The van der Waals surface area contributed by atoms with Crippen LogP contribution in [0, 0.1) is 0 Å². The summed E-state index contributed by atoms with van der Waals surface area (Å²) in [5.74, 6) is 1.48. The van der Waals surface area contributed by atoms with Gasteiger partial charge in [0.15, 0.2) is 0 Å². The summed E-state index contributed by atoms with van der Waals surface area (Å²) < 4.78 is 11.8. The first kappa shape index (κ1) is 18.4. The number of fused-ring (bicyclic) bond motifs is 1. The van der Waals surface area contributed by atoms with Crippen LogP contribution in [0.3, 0.4) is 0 Å². The van der Waals surface area contributed by atoms with Gasteiger partial charge in [0.25, 0.3) is 0 Å². The Balaban J connectivity index is 1.47. The van der Waals surface area contributed by atoms with Gasteiger partial charge in [-0.3, -0.25) is 0 Å². The van der Waals surface area contributed by atoms with Crippen molar-refractivity contribution in [2.24, 2.45) is 0 Å². The molecule has 0 amide bonds. The summed E-state index contributed by atoms with van der Waals surface area (Å²) in [6, 6.07) is 6.32. The molecule has 4 rings (SSSR count). The van der Waals surface area contributed by atoms with Crippen molar-refractivity contribution in [3.05, 3.63) is 24.4 Å². The highest BCUT2D eigenvalue weighted by Gasteiger charge is 2.26. The predicted octanol–water partition coefficient (Wildman–Crippen LogP) is 3.68. The van der Waals surface area contributed by atoms with E-state index in [0.717, 1.165) is 55.2 Å². The summed E-state index contributed by atoms with van der Waals surface area (Å²) in [5, 5.41) is 14.1. The minimum Gasteiger partial charge on any atom is -0.488 e. The van der Waals surface area contributed by atoms with E-state index in [1.807, 2.05) is 24.4 Å². The second kappa shape index (κ2) is 8.40. The molecule has 146 valence electrons. The van der Waals surface area contributed by atoms with E-state index in [-0.39, 0.29) is 18.3 Å². The maximum atomic E-state index is 9.65. The number of hydrogen-bond acceptors (Lipinski definition) is 6. The number of aliphatic hydroxyl groups is 1. The SMILES string of the molecule is CO[C@H]1CCCC[C@@H]1Oc1ccc2cnc(N[C@H]3CC[C@H](O)CC3)nc2c1. The molecule has 0 spiro atoms. The fourth-order valence-corrected chi connectivity index (χ4v) is 4.19. The van der Waals surface area contributed by atoms with E-state index >= 15 is 0 Å². The molecule has 0 aliphatic heterocycles. The van der Waals surface area contributed by atoms with Crippen molar-refractivity contribution < 1.29 is 14.6 Å². The van der Waals surface area contributed by atoms with Crippen LogP contribution in [0.4, 0.5) is 5.95 Å². The van der Waals surface area contributed by atoms with Gasteiger partial charge in [-0.05, 0) is 57.1 Å². The number of hydrogen-bond donors (Lipinski definition) is 2. The molecule has 0 saturated heterocycles. The lowest BCUT2D eigenvalue weighted by Crippen LogP contribution is -2.36. The molecule has 0 radical (unpaired) electrons. The van der Waals surface area contributed by atoms with Crippen LogP contribution in [-0.4, -0.2) is 46.5 Å². The number of rotatable bonds is 5. The van der Waals surface area contributed by atoms with Gasteiger partial charge in [-0.2, -0.15) is 0 Å². The Bertz CT molecular complexity index is 761. The molecule has 6 heteroatoms. The van der Waals surface area contributed by atoms with E-state index < -0.39 is 0 Å². The van der Waals surface area contributed by atoms with E-state index in [2.05, 4.69) is 15.3 Å². The Morgan fingerprint density at radius 3 is 2.59 bits per heavy atom. The standard InChI is InChI=1S/C21H29N3O3/c1-26-19-4-2-3-5-20(19)27-17-11-6-14-13-22-21(24-18(14)12-17)23-15-7-9-16(25)10-8-15/h6,11-13,15-16,19-20,25H,2-5,7-10H2,1H3,(H,22,23,24)/t15-,16-,19-,20-/m0/s1. The summed E-state index contributed by atoms with van der Waals surface area (Å²) in [4.78, 5) is 9.13. The first-order chi connectivity index (χ1) is 13.2. The van der Waals surface area contributed by atoms with E-state index in [9.17, 15) is 5.11 Å². The average Bonchev–Trinajstić information content (AvgIpc) is 2.70. The van der Waals surface area contributed by atoms with Crippen LogP contribution in [0.25, 0.3) is 10.9 Å². The highest BCUT2D eigenvalue weighted by Crippen LogP contribution is 2.28. The fourth-order valence-electron chi connectivity index (χ4n) is 4.19. The van der Waals surface area contributed by atoms with Crippen molar-refractivity contribution in [3.63, 3.8) is 0 Å². The largest absolute Gasteiger partial charge is 0.488 e. The number of anilines is 1. The van der Waals surface area contributed by atoms with Gasteiger partial charge in [-0.25, -0.2) is 9.97 Å². The Labute approximate surface area is 160 Å². The van der Waals surface area contributed by atoms with Crippen molar-refractivity contribution in [1.82, 2.24) is 9.97 Å². The molecule has 1 aromatic carbocycles. The van der Waals surface area contributed by atoms with Crippen molar-refractivity contribution in [1.29, 1.82) is 0 Å². The summed E-state index contributed by atoms with van der Waals surface area (Å²) in [6.07, 6.45) is 10.0. The van der Waals surface area contributed by atoms with Crippen molar-refractivity contribution in [2.45, 2.75) is 75.7 Å². The lowest BCUT2D eigenvalue weighted by Gasteiger charge is -2.30. The minimum absolute atomic E-state index is 0.106. The van der Waals surface area contributed by atoms with E-state index in [0.29, 0.717) is 12.0 Å². The van der Waals surface area contributed by atoms with Gasteiger partial charge in [0.1, 0.15) is 11.9 Å². The first-order valence-electron chi connectivity index (χ1n) is 10.1. The highest BCUT2D eigenvalue weighted by atomic mass is 16.5. The second-order valence-electron chi connectivity index (χ2n) is 7.78. The van der Waals surface area contributed by atoms with E-state index in [4.69, 9.17) is 9.47 Å². The third kappa shape index (κ3) is 4.50. The van der Waals surface area contributed by atoms with Crippen LogP contribution in [0.1, 0.15) is 51.4 Å². The number of methoxy groups -OCH3 is 1. The molecular formula is C21H29N3O3. The van der Waals surface area contributed by atoms with Gasteiger partial charge in [-0.15, -0.1) is 0 Å². The molecule has 0 bridgehead atoms. The summed E-state index contributed by atoms with van der Waals surface area (Å²) in [5.41, 5.74) is 0.880.